The van der Waals surface area contributed by atoms with E-state index in [1.807, 2.05) is 0 Å². The van der Waals surface area contributed by atoms with Crippen LogP contribution in [-0.2, 0) is 0 Å². The van der Waals surface area contributed by atoms with Gasteiger partial charge in [0.2, 0.25) is 0 Å². The van der Waals surface area contributed by atoms with Crippen molar-refractivity contribution in [2.45, 2.75) is 18.1 Å². The summed E-state index contributed by atoms with van der Waals surface area (Å²) < 4.78 is 0. The molecule has 0 aromatic carbocycles. The summed E-state index contributed by atoms with van der Waals surface area (Å²) in [4.78, 5) is 0. The van der Waals surface area contributed by atoms with Crippen LogP contribution in [0.1, 0.15) is 12.8 Å². The highest BCUT2D eigenvalue weighted by Gasteiger charge is 2.64. The predicted molar refractivity (Wildman–Crippen MR) is 63.3 cm³/mol. The summed E-state index contributed by atoms with van der Waals surface area (Å²) in [6, 6.07) is 0. The molecule has 0 amide bonds. The Morgan fingerprint density at radius 2 is 1.67 bits per heavy atom. The van der Waals surface area contributed by atoms with Gasteiger partial charge in [-0.15, -0.1) is 11.8 Å². The molecule has 0 radical (unpaired) electrons. The van der Waals surface area contributed by atoms with Gasteiger partial charge in [-0.05, 0) is 59.7 Å². The van der Waals surface area contributed by atoms with E-state index >= 15 is 0 Å². The maximum atomic E-state index is 2.55. The zero-order chi connectivity index (χ0) is 9.57. The maximum absolute atomic E-state index is 2.55. The Labute approximate surface area is 95.2 Å². The summed E-state index contributed by atoms with van der Waals surface area (Å²) in [5.41, 5.74) is 0. The van der Waals surface area contributed by atoms with Crippen LogP contribution in [0.15, 0.2) is 23.6 Å². The van der Waals surface area contributed by atoms with Crippen molar-refractivity contribution in [3.05, 3.63) is 23.6 Å². The van der Waals surface area contributed by atoms with Crippen LogP contribution in [-0.4, -0.2) is 5.25 Å². The lowest BCUT2D eigenvalue weighted by Gasteiger charge is -2.38. The molecule has 8 atom stereocenters. The summed E-state index contributed by atoms with van der Waals surface area (Å²) in [5, 5.41) is 3.38. The van der Waals surface area contributed by atoms with E-state index in [0.29, 0.717) is 0 Å². The van der Waals surface area contributed by atoms with Crippen LogP contribution in [0.2, 0.25) is 0 Å². The first kappa shape index (κ1) is 8.00. The highest BCUT2D eigenvalue weighted by molar-refractivity contribution is 8.03. The Morgan fingerprint density at radius 3 is 2.53 bits per heavy atom. The van der Waals surface area contributed by atoms with Crippen LogP contribution in [0.3, 0.4) is 0 Å². The number of hydrogen-bond donors (Lipinski definition) is 0. The number of thioether (sulfide) groups is 1. The number of rotatable bonds is 0. The first-order valence-corrected chi connectivity index (χ1v) is 7.38. The van der Waals surface area contributed by atoms with E-state index in [1.54, 1.807) is 6.42 Å². The van der Waals surface area contributed by atoms with E-state index in [0.717, 1.165) is 46.7 Å². The normalized spacial score (nSPS) is 66.7. The van der Waals surface area contributed by atoms with Crippen LogP contribution in [0.4, 0.5) is 0 Å². The summed E-state index contributed by atoms with van der Waals surface area (Å²) >= 11 is 2.15. The molecule has 0 N–H and O–H groups in total. The quantitative estimate of drug-likeness (QED) is 0.442. The van der Waals surface area contributed by atoms with Crippen molar-refractivity contribution in [1.29, 1.82) is 0 Å². The molecule has 4 bridgehead atoms. The third-order valence-electron chi connectivity index (χ3n) is 5.95. The second kappa shape index (κ2) is 2.40. The minimum absolute atomic E-state index is 0.967. The highest BCUT2D eigenvalue weighted by atomic mass is 32.2. The van der Waals surface area contributed by atoms with Crippen molar-refractivity contribution in [3.8, 4) is 0 Å². The third-order valence-corrected chi connectivity index (χ3v) is 7.24. The van der Waals surface area contributed by atoms with Crippen LogP contribution >= 0.6 is 11.8 Å². The summed E-state index contributed by atoms with van der Waals surface area (Å²) in [6.07, 6.45) is 10.7. The van der Waals surface area contributed by atoms with Gasteiger partial charge in [-0.1, -0.05) is 18.2 Å². The molecule has 0 aromatic rings. The van der Waals surface area contributed by atoms with Gasteiger partial charge in [0.05, 0.1) is 0 Å². The molecule has 3 fully saturated rings. The van der Waals surface area contributed by atoms with E-state index < -0.39 is 0 Å². The number of fused-ring (bicyclic) bond motifs is 12. The molecule has 0 aromatic heterocycles. The van der Waals surface area contributed by atoms with Gasteiger partial charge in [0, 0.05) is 5.25 Å². The van der Waals surface area contributed by atoms with Crippen molar-refractivity contribution in [1.82, 2.24) is 0 Å². The first-order valence-electron chi connectivity index (χ1n) is 6.44. The monoisotopic (exact) mass is 216 g/mol. The third kappa shape index (κ3) is 0.749. The van der Waals surface area contributed by atoms with Crippen molar-refractivity contribution in [2.24, 2.45) is 41.4 Å². The summed E-state index contributed by atoms with van der Waals surface area (Å²) in [6.45, 7) is 0. The second-order valence-corrected chi connectivity index (χ2v) is 7.26. The minimum Gasteiger partial charge on any atom is -0.130 e. The van der Waals surface area contributed by atoms with Gasteiger partial charge in [-0.3, -0.25) is 0 Å². The van der Waals surface area contributed by atoms with Gasteiger partial charge in [-0.2, -0.15) is 0 Å². The Hall–Kier alpha value is -0.170. The largest absolute Gasteiger partial charge is 0.130 e. The molecule has 15 heavy (non-hydrogen) atoms. The Kier molecular flexibility index (Phi) is 1.28. The van der Waals surface area contributed by atoms with Crippen LogP contribution in [0, 0.1) is 41.4 Å². The van der Waals surface area contributed by atoms with Crippen LogP contribution in [0.5, 0.6) is 0 Å². The Morgan fingerprint density at radius 1 is 0.867 bits per heavy atom. The fourth-order valence-electron chi connectivity index (χ4n) is 5.70. The van der Waals surface area contributed by atoms with Gasteiger partial charge >= 0.3 is 0 Å². The molecule has 8 unspecified atom stereocenters. The first-order chi connectivity index (χ1) is 7.43. The van der Waals surface area contributed by atoms with Gasteiger partial charge in [0.15, 0.2) is 0 Å². The molecule has 4 aliphatic carbocycles. The lowest BCUT2D eigenvalue weighted by molar-refractivity contribution is 0.181. The maximum Gasteiger partial charge on any atom is 0.0185 e. The predicted octanol–water partition coefficient (Wildman–Crippen LogP) is 3.32. The van der Waals surface area contributed by atoms with Crippen molar-refractivity contribution in [2.75, 3.05) is 0 Å². The van der Waals surface area contributed by atoms with Crippen LogP contribution < -0.4 is 0 Å². The van der Waals surface area contributed by atoms with Crippen molar-refractivity contribution < 1.29 is 0 Å². The van der Waals surface area contributed by atoms with E-state index in [2.05, 4.69) is 35.4 Å². The average molecular weight is 216 g/mol. The Bertz CT molecular complexity index is 383. The van der Waals surface area contributed by atoms with Gasteiger partial charge in [-0.25, -0.2) is 0 Å². The lowest BCUT2D eigenvalue weighted by atomic mass is 9.69. The molecule has 78 valence electrons. The number of allylic oxidation sites excluding steroid dienone is 3. The second-order valence-electron chi connectivity index (χ2n) is 6.17. The van der Waals surface area contributed by atoms with Crippen molar-refractivity contribution >= 4 is 11.8 Å². The van der Waals surface area contributed by atoms with E-state index in [4.69, 9.17) is 0 Å². The smallest absolute Gasteiger partial charge is 0.0185 e. The molecule has 1 heteroatoms. The molecular formula is C14H16S. The van der Waals surface area contributed by atoms with Crippen molar-refractivity contribution in [3.63, 3.8) is 0 Å². The standard InChI is InChI=1S/C14H16S/c1-2-8-5-7(1)12-10-6-11(13(8)12)14-9(10)3-4-15-14/h1-4,7-14H,5-6H2. The fourth-order valence-corrected chi connectivity index (χ4v) is 7.12. The van der Waals surface area contributed by atoms with Crippen LogP contribution in [0.25, 0.3) is 0 Å². The zero-order valence-corrected chi connectivity index (χ0v) is 9.57. The molecule has 1 aliphatic heterocycles. The van der Waals surface area contributed by atoms with E-state index in [-0.39, 0.29) is 0 Å². The van der Waals surface area contributed by atoms with Gasteiger partial charge < -0.3 is 0 Å². The molecule has 1 heterocycles. The zero-order valence-electron chi connectivity index (χ0n) is 8.75. The van der Waals surface area contributed by atoms with E-state index in [1.165, 1.54) is 6.42 Å². The van der Waals surface area contributed by atoms with E-state index in [9.17, 15) is 0 Å². The summed E-state index contributed by atoms with van der Waals surface area (Å²) in [5.74, 6) is 7.26. The lowest BCUT2D eigenvalue weighted by Crippen LogP contribution is -2.36. The van der Waals surface area contributed by atoms with Gasteiger partial charge in [0.1, 0.15) is 0 Å². The molecule has 5 aliphatic rings. The highest BCUT2D eigenvalue weighted by Crippen LogP contribution is 2.70. The topological polar surface area (TPSA) is 0 Å². The Balaban J connectivity index is 1.63. The average Bonchev–Trinajstić information content (AvgIpc) is 3.03. The molecule has 5 rings (SSSR count). The SMILES string of the molecule is C1=CC2C3CC(C2S1)C1C2C=CC(C2)C31. The molecule has 0 saturated heterocycles. The van der Waals surface area contributed by atoms with Gasteiger partial charge in [0.25, 0.3) is 0 Å². The molecular weight excluding hydrogens is 200 g/mol. The fraction of sp³-hybridized carbons (Fsp3) is 0.714. The minimum atomic E-state index is 0.967. The summed E-state index contributed by atoms with van der Waals surface area (Å²) in [7, 11) is 0. The molecule has 0 spiro atoms. The number of hydrogen-bond acceptors (Lipinski definition) is 1. The molecule has 3 saturated carbocycles. The molecule has 0 nitrogen and oxygen atoms in total.